The van der Waals surface area contributed by atoms with Crippen LogP contribution in [0.5, 0.6) is 0 Å². The van der Waals surface area contributed by atoms with Gasteiger partial charge in [-0.3, -0.25) is 14.6 Å². The van der Waals surface area contributed by atoms with E-state index >= 15 is 0 Å². The Kier molecular flexibility index (Phi) is 7.50. The number of likely N-dealkylation sites (tertiary alicyclic amines) is 1. The number of nitrogens with zero attached hydrogens (tertiary/aromatic N) is 2. The molecule has 3 aromatic heterocycles. The molecule has 0 saturated carbocycles. The van der Waals surface area contributed by atoms with Crippen LogP contribution in [0.2, 0.25) is 0 Å². The highest BCUT2D eigenvalue weighted by atomic mass is 32.1. The molecule has 2 amide bonds. The standard InChI is InChI=1S/C25H27N3O2S2/c1-18-6-8-22(25(30)26-13-10-21-5-3-17-32-21)24(27-18)19-11-14-28(15-12-19)23(29)9-7-20-4-2-16-31-20/h2-9,16-17,19H,10-15H2,1H3,(H,26,30). The maximum Gasteiger partial charge on any atom is 0.253 e. The summed E-state index contributed by atoms with van der Waals surface area (Å²) < 4.78 is 0. The van der Waals surface area contributed by atoms with E-state index in [1.807, 2.05) is 59.0 Å². The van der Waals surface area contributed by atoms with E-state index in [4.69, 9.17) is 4.98 Å². The van der Waals surface area contributed by atoms with Crippen molar-refractivity contribution in [3.63, 3.8) is 0 Å². The topological polar surface area (TPSA) is 62.3 Å². The third kappa shape index (κ3) is 5.72. The smallest absolute Gasteiger partial charge is 0.253 e. The van der Waals surface area contributed by atoms with Crippen molar-refractivity contribution in [3.05, 3.63) is 79.9 Å². The zero-order valence-electron chi connectivity index (χ0n) is 18.1. The first-order valence-electron chi connectivity index (χ1n) is 10.9. The highest BCUT2D eigenvalue weighted by Crippen LogP contribution is 2.29. The van der Waals surface area contributed by atoms with Gasteiger partial charge >= 0.3 is 0 Å². The van der Waals surface area contributed by atoms with E-state index in [1.165, 1.54) is 4.88 Å². The molecule has 166 valence electrons. The molecule has 0 atom stereocenters. The van der Waals surface area contributed by atoms with Crippen molar-refractivity contribution < 1.29 is 9.59 Å². The summed E-state index contributed by atoms with van der Waals surface area (Å²) in [7, 11) is 0. The van der Waals surface area contributed by atoms with Crippen LogP contribution in [0.1, 0.15) is 50.3 Å². The van der Waals surface area contributed by atoms with E-state index < -0.39 is 0 Å². The van der Waals surface area contributed by atoms with E-state index in [0.717, 1.165) is 35.5 Å². The highest BCUT2D eigenvalue weighted by Gasteiger charge is 2.27. The van der Waals surface area contributed by atoms with Crippen molar-refractivity contribution >= 4 is 40.6 Å². The van der Waals surface area contributed by atoms with Crippen molar-refractivity contribution in [1.29, 1.82) is 0 Å². The first kappa shape index (κ1) is 22.4. The Bertz CT molecular complexity index is 1070. The Morgan fingerprint density at radius 1 is 1.12 bits per heavy atom. The molecule has 4 heterocycles. The zero-order valence-corrected chi connectivity index (χ0v) is 19.8. The molecule has 7 heteroatoms. The van der Waals surface area contributed by atoms with Gasteiger partial charge in [0.05, 0.1) is 11.3 Å². The normalized spacial score (nSPS) is 14.7. The second-order valence-electron chi connectivity index (χ2n) is 7.92. The van der Waals surface area contributed by atoms with Gasteiger partial charge in [0.25, 0.3) is 5.91 Å². The Morgan fingerprint density at radius 2 is 1.91 bits per heavy atom. The van der Waals surface area contributed by atoms with Crippen molar-refractivity contribution in [2.75, 3.05) is 19.6 Å². The average Bonchev–Trinajstić information content (AvgIpc) is 3.52. The number of hydrogen-bond donors (Lipinski definition) is 1. The first-order chi connectivity index (χ1) is 15.6. The van der Waals surface area contributed by atoms with Crippen LogP contribution in [0.25, 0.3) is 6.08 Å². The van der Waals surface area contributed by atoms with Crippen LogP contribution in [-0.4, -0.2) is 41.3 Å². The number of carbonyl (C=O) groups excluding carboxylic acids is 2. The minimum atomic E-state index is -0.0681. The number of piperidine rings is 1. The molecule has 1 N–H and O–H groups in total. The van der Waals surface area contributed by atoms with Gasteiger partial charge in [0, 0.05) is 47.1 Å². The lowest BCUT2D eigenvalue weighted by molar-refractivity contribution is -0.127. The molecule has 4 rings (SSSR count). The van der Waals surface area contributed by atoms with Crippen LogP contribution in [0.15, 0.2) is 53.2 Å². The molecule has 3 aromatic rings. The van der Waals surface area contributed by atoms with Gasteiger partial charge in [-0.2, -0.15) is 0 Å². The fraction of sp³-hybridized carbons (Fsp3) is 0.320. The number of aryl methyl sites for hydroxylation is 1. The van der Waals surface area contributed by atoms with Gasteiger partial charge in [-0.1, -0.05) is 12.1 Å². The van der Waals surface area contributed by atoms with E-state index in [-0.39, 0.29) is 17.7 Å². The largest absolute Gasteiger partial charge is 0.352 e. The Labute approximate surface area is 196 Å². The highest BCUT2D eigenvalue weighted by molar-refractivity contribution is 7.10. The lowest BCUT2D eigenvalue weighted by Gasteiger charge is -2.32. The van der Waals surface area contributed by atoms with Gasteiger partial charge in [-0.15, -0.1) is 22.7 Å². The van der Waals surface area contributed by atoms with Crippen LogP contribution in [-0.2, 0) is 11.2 Å². The van der Waals surface area contributed by atoms with Crippen LogP contribution in [0.3, 0.4) is 0 Å². The van der Waals surface area contributed by atoms with Crippen LogP contribution < -0.4 is 5.32 Å². The van der Waals surface area contributed by atoms with Gasteiger partial charge in [0.2, 0.25) is 5.91 Å². The molecular weight excluding hydrogens is 438 g/mol. The summed E-state index contributed by atoms with van der Waals surface area (Å²) >= 11 is 3.32. The summed E-state index contributed by atoms with van der Waals surface area (Å²) in [5, 5.41) is 7.10. The molecule has 1 aliphatic heterocycles. The number of carbonyl (C=O) groups is 2. The van der Waals surface area contributed by atoms with Crippen molar-refractivity contribution in [2.45, 2.75) is 32.1 Å². The van der Waals surface area contributed by atoms with Gasteiger partial charge in [0.15, 0.2) is 0 Å². The minimum absolute atomic E-state index is 0.0422. The number of thiophene rings is 2. The Balaban J connectivity index is 1.36. The second-order valence-corrected chi connectivity index (χ2v) is 9.93. The molecule has 0 aromatic carbocycles. The number of hydrogen-bond acceptors (Lipinski definition) is 5. The van der Waals surface area contributed by atoms with Crippen molar-refractivity contribution in [3.8, 4) is 0 Å². The summed E-state index contributed by atoms with van der Waals surface area (Å²) in [6, 6.07) is 11.9. The van der Waals surface area contributed by atoms with E-state index in [1.54, 1.807) is 28.7 Å². The third-order valence-electron chi connectivity index (χ3n) is 5.67. The molecule has 5 nitrogen and oxygen atoms in total. The maximum absolute atomic E-state index is 12.9. The monoisotopic (exact) mass is 465 g/mol. The molecule has 0 bridgehead atoms. The number of rotatable bonds is 7. The maximum atomic E-state index is 12.9. The molecule has 1 fully saturated rings. The van der Waals surface area contributed by atoms with Gasteiger partial charge < -0.3 is 10.2 Å². The predicted molar refractivity (Wildman–Crippen MR) is 131 cm³/mol. The van der Waals surface area contributed by atoms with Crippen LogP contribution in [0.4, 0.5) is 0 Å². The second kappa shape index (κ2) is 10.7. The van der Waals surface area contributed by atoms with E-state index in [2.05, 4.69) is 11.4 Å². The molecule has 1 aliphatic rings. The SMILES string of the molecule is Cc1ccc(C(=O)NCCc2cccs2)c(C2CCN(C(=O)C=Cc3cccs3)CC2)n1. The molecule has 0 unspecified atom stereocenters. The number of nitrogens with one attached hydrogen (secondary N) is 1. The molecule has 0 radical (unpaired) electrons. The zero-order chi connectivity index (χ0) is 22.3. The number of amides is 2. The summed E-state index contributed by atoms with van der Waals surface area (Å²) in [5.74, 6) is 0.153. The molecule has 0 spiro atoms. The predicted octanol–water partition coefficient (Wildman–Crippen LogP) is 4.90. The molecule has 1 saturated heterocycles. The number of aromatic nitrogens is 1. The van der Waals surface area contributed by atoms with Gasteiger partial charge in [-0.05, 0) is 67.3 Å². The summed E-state index contributed by atoms with van der Waals surface area (Å²) in [6.07, 6.45) is 5.98. The third-order valence-corrected chi connectivity index (χ3v) is 7.45. The van der Waals surface area contributed by atoms with Gasteiger partial charge in [-0.25, -0.2) is 0 Å². The Morgan fingerprint density at radius 3 is 2.62 bits per heavy atom. The lowest BCUT2D eigenvalue weighted by Crippen LogP contribution is -2.37. The quantitative estimate of drug-likeness (QED) is 0.505. The fourth-order valence-electron chi connectivity index (χ4n) is 3.95. The average molecular weight is 466 g/mol. The van der Waals surface area contributed by atoms with E-state index in [9.17, 15) is 9.59 Å². The first-order valence-corrected chi connectivity index (χ1v) is 12.6. The van der Waals surface area contributed by atoms with Crippen molar-refractivity contribution in [1.82, 2.24) is 15.2 Å². The minimum Gasteiger partial charge on any atom is -0.352 e. The molecule has 0 aliphatic carbocycles. The molecule has 32 heavy (non-hydrogen) atoms. The summed E-state index contributed by atoms with van der Waals surface area (Å²) in [6.45, 7) is 3.91. The van der Waals surface area contributed by atoms with Crippen LogP contribution in [0, 0.1) is 6.92 Å². The van der Waals surface area contributed by atoms with Crippen LogP contribution >= 0.6 is 22.7 Å². The summed E-state index contributed by atoms with van der Waals surface area (Å²) in [5.41, 5.74) is 2.43. The molecular formula is C25H27N3O2S2. The number of pyridine rings is 1. The van der Waals surface area contributed by atoms with Crippen molar-refractivity contribution in [2.24, 2.45) is 0 Å². The summed E-state index contributed by atoms with van der Waals surface area (Å²) in [4.78, 5) is 34.4. The van der Waals surface area contributed by atoms with E-state index in [0.29, 0.717) is 25.2 Å². The fourth-order valence-corrected chi connectivity index (χ4v) is 5.27. The van der Waals surface area contributed by atoms with Gasteiger partial charge in [0.1, 0.15) is 0 Å². The lowest BCUT2D eigenvalue weighted by atomic mass is 9.89. The Hall–Kier alpha value is -2.77.